The topological polar surface area (TPSA) is 64.1 Å². The van der Waals surface area contributed by atoms with E-state index in [0.29, 0.717) is 13.2 Å². The van der Waals surface area contributed by atoms with Gasteiger partial charge in [-0.15, -0.1) is 24.0 Å². The minimum Gasteiger partial charge on any atom is -0.497 e. The van der Waals surface area contributed by atoms with E-state index in [-0.39, 0.29) is 30.1 Å². The molecule has 7 heteroatoms. The van der Waals surface area contributed by atoms with Crippen molar-refractivity contribution < 1.29 is 14.2 Å². The van der Waals surface area contributed by atoms with Gasteiger partial charge in [0.05, 0.1) is 20.3 Å². The number of halogens is 1. The van der Waals surface area contributed by atoms with E-state index in [2.05, 4.69) is 15.6 Å². The van der Waals surface area contributed by atoms with Crippen molar-refractivity contribution in [3.05, 3.63) is 24.3 Å². The molecule has 0 aliphatic carbocycles. The third-order valence-electron chi connectivity index (χ3n) is 2.99. The molecule has 1 aromatic carbocycles. The first-order valence-corrected chi connectivity index (χ1v) is 8.10. The zero-order chi connectivity index (χ0) is 16.9. The Hall–Kier alpha value is -1.22. The first-order valence-electron chi connectivity index (χ1n) is 8.10. The molecule has 0 saturated carbocycles. The van der Waals surface area contributed by atoms with Gasteiger partial charge in [-0.3, -0.25) is 0 Å². The number of benzene rings is 1. The summed E-state index contributed by atoms with van der Waals surface area (Å²) in [7, 11) is 1.65. The molecule has 2 N–H and O–H groups in total. The Labute approximate surface area is 162 Å². The second kappa shape index (κ2) is 14.2. The van der Waals surface area contributed by atoms with Gasteiger partial charge in [0, 0.05) is 19.7 Å². The maximum absolute atomic E-state index is 5.84. The molecular formula is C17H30IN3O3. The van der Waals surface area contributed by atoms with Crippen molar-refractivity contribution in [3.8, 4) is 11.5 Å². The molecule has 1 unspecified atom stereocenters. The molecule has 6 nitrogen and oxygen atoms in total. The van der Waals surface area contributed by atoms with Crippen molar-refractivity contribution in [1.29, 1.82) is 0 Å². The molecule has 0 amide bonds. The quantitative estimate of drug-likeness (QED) is 0.248. The fourth-order valence-corrected chi connectivity index (χ4v) is 1.87. The van der Waals surface area contributed by atoms with Crippen molar-refractivity contribution in [3.63, 3.8) is 0 Å². The van der Waals surface area contributed by atoms with E-state index in [9.17, 15) is 0 Å². The molecule has 0 aliphatic heterocycles. The Morgan fingerprint density at radius 3 is 2.38 bits per heavy atom. The number of methoxy groups -OCH3 is 1. The maximum Gasteiger partial charge on any atom is 0.191 e. The maximum atomic E-state index is 5.84. The van der Waals surface area contributed by atoms with Gasteiger partial charge in [-0.05, 0) is 45.0 Å². The molecule has 0 heterocycles. The Bertz CT molecular complexity index is 455. The third-order valence-corrected chi connectivity index (χ3v) is 2.99. The minimum atomic E-state index is -0.0225. The van der Waals surface area contributed by atoms with Crippen LogP contribution in [0.2, 0.25) is 0 Å². The van der Waals surface area contributed by atoms with E-state index in [1.807, 2.05) is 45.0 Å². The van der Waals surface area contributed by atoms with Crippen LogP contribution in [0.15, 0.2) is 29.3 Å². The van der Waals surface area contributed by atoms with Crippen molar-refractivity contribution in [2.24, 2.45) is 4.99 Å². The number of guanidine groups is 1. The van der Waals surface area contributed by atoms with Crippen molar-refractivity contribution in [2.45, 2.75) is 26.9 Å². The van der Waals surface area contributed by atoms with Gasteiger partial charge in [-0.25, -0.2) is 4.99 Å². The molecule has 0 aliphatic rings. The van der Waals surface area contributed by atoms with E-state index >= 15 is 0 Å². The van der Waals surface area contributed by atoms with Crippen molar-refractivity contribution >= 4 is 29.9 Å². The highest BCUT2D eigenvalue weighted by Gasteiger charge is 2.05. The van der Waals surface area contributed by atoms with Crippen LogP contribution in [0.5, 0.6) is 11.5 Å². The lowest BCUT2D eigenvalue weighted by Crippen LogP contribution is -2.39. The number of nitrogens with one attached hydrogen (secondary N) is 2. The predicted molar refractivity (Wildman–Crippen MR) is 109 cm³/mol. The van der Waals surface area contributed by atoms with Crippen LogP contribution >= 0.6 is 24.0 Å². The zero-order valence-electron chi connectivity index (χ0n) is 15.0. The summed E-state index contributed by atoms with van der Waals surface area (Å²) < 4.78 is 16.3. The zero-order valence-corrected chi connectivity index (χ0v) is 17.3. The fourth-order valence-electron chi connectivity index (χ4n) is 1.87. The number of rotatable bonds is 10. The molecule has 1 rings (SSSR count). The van der Waals surface area contributed by atoms with E-state index in [1.165, 1.54) is 0 Å². The molecule has 0 spiro atoms. The normalized spacial score (nSPS) is 12.1. The average Bonchev–Trinajstić information content (AvgIpc) is 2.57. The molecule has 0 fully saturated rings. The first-order chi connectivity index (χ1) is 11.2. The van der Waals surface area contributed by atoms with Crippen LogP contribution in [-0.4, -0.2) is 52.0 Å². The van der Waals surface area contributed by atoms with Crippen LogP contribution in [-0.2, 0) is 4.74 Å². The lowest BCUT2D eigenvalue weighted by molar-refractivity contribution is 0.152. The number of ether oxygens (including phenoxy) is 3. The highest BCUT2D eigenvalue weighted by Crippen LogP contribution is 2.18. The molecule has 0 radical (unpaired) electrons. The monoisotopic (exact) mass is 451 g/mol. The van der Waals surface area contributed by atoms with Gasteiger partial charge in [0.15, 0.2) is 5.96 Å². The summed E-state index contributed by atoms with van der Waals surface area (Å²) in [5.41, 5.74) is 0. The second-order valence-corrected chi connectivity index (χ2v) is 4.95. The predicted octanol–water partition coefficient (Wildman–Crippen LogP) is 2.67. The van der Waals surface area contributed by atoms with Crippen LogP contribution in [0.25, 0.3) is 0 Å². The molecule has 24 heavy (non-hydrogen) atoms. The highest BCUT2D eigenvalue weighted by molar-refractivity contribution is 14.0. The van der Waals surface area contributed by atoms with Crippen LogP contribution in [0.4, 0.5) is 0 Å². The van der Waals surface area contributed by atoms with E-state index in [1.54, 1.807) is 7.11 Å². The summed E-state index contributed by atoms with van der Waals surface area (Å²) in [5, 5.41) is 6.44. The summed E-state index contributed by atoms with van der Waals surface area (Å²) in [4.78, 5) is 4.53. The van der Waals surface area contributed by atoms with Crippen LogP contribution in [0, 0.1) is 0 Å². The molecule has 138 valence electrons. The van der Waals surface area contributed by atoms with Gasteiger partial charge < -0.3 is 24.8 Å². The lowest BCUT2D eigenvalue weighted by Gasteiger charge is -2.15. The Balaban J connectivity index is 0.00000529. The summed E-state index contributed by atoms with van der Waals surface area (Å²) in [6, 6.07) is 7.55. The van der Waals surface area contributed by atoms with Gasteiger partial charge in [0.1, 0.15) is 17.6 Å². The van der Waals surface area contributed by atoms with E-state index in [4.69, 9.17) is 14.2 Å². The number of hydrogen-bond donors (Lipinski definition) is 2. The molecule has 0 aromatic heterocycles. The highest BCUT2D eigenvalue weighted by atomic mass is 127. The van der Waals surface area contributed by atoms with Gasteiger partial charge in [-0.1, -0.05) is 0 Å². The molecule has 1 atom stereocenters. The Morgan fingerprint density at radius 1 is 1.12 bits per heavy atom. The molecule has 0 bridgehead atoms. The minimum absolute atomic E-state index is 0. The van der Waals surface area contributed by atoms with Gasteiger partial charge in [0.2, 0.25) is 0 Å². The van der Waals surface area contributed by atoms with Gasteiger partial charge >= 0.3 is 0 Å². The second-order valence-electron chi connectivity index (χ2n) is 4.95. The average molecular weight is 451 g/mol. The van der Waals surface area contributed by atoms with Gasteiger partial charge in [-0.2, -0.15) is 0 Å². The SMILES string of the molecule is CCNC(=NCC(C)Oc1ccc(OC)cc1)NCCOCC.I. The van der Waals surface area contributed by atoms with Gasteiger partial charge in [0.25, 0.3) is 0 Å². The molecular weight excluding hydrogens is 421 g/mol. The van der Waals surface area contributed by atoms with Crippen molar-refractivity contribution in [1.82, 2.24) is 10.6 Å². The Morgan fingerprint density at radius 2 is 1.79 bits per heavy atom. The number of nitrogens with zero attached hydrogens (tertiary/aromatic N) is 1. The summed E-state index contributed by atoms with van der Waals surface area (Å²) in [6.45, 7) is 9.52. The van der Waals surface area contributed by atoms with Crippen LogP contribution in [0.3, 0.4) is 0 Å². The molecule has 1 aromatic rings. The largest absolute Gasteiger partial charge is 0.497 e. The summed E-state index contributed by atoms with van der Waals surface area (Å²) in [5.74, 6) is 2.40. The standard InChI is InChI=1S/C17H29N3O3.HI/c1-5-18-17(19-11-12-22-6-2)20-13-14(3)23-16-9-7-15(21-4)8-10-16;/h7-10,14H,5-6,11-13H2,1-4H3,(H2,18,19,20);1H. The van der Waals surface area contributed by atoms with Crippen LogP contribution in [0.1, 0.15) is 20.8 Å². The third kappa shape index (κ3) is 9.82. The fraction of sp³-hybridized carbons (Fsp3) is 0.588. The van der Waals surface area contributed by atoms with E-state index in [0.717, 1.165) is 37.2 Å². The lowest BCUT2D eigenvalue weighted by atomic mass is 10.3. The van der Waals surface area contributed by atoms with Crippen molar-refractivity contribution in [2.75, 3.05) is 40.0 Å². The summed E-state index contributed by atoms with van der Waals surface area (Å²) >= 11 is 0. The number of hydrogen-bond acceptors (Lipinski definition) is 4. The van der Waals surface area contributed by atoms with E-state index < -0.39 is 0 Å². The Kier molecular flexibility index (Phi) is 13.4. The molecule has 0 saturated heterocycles. The summed E-state index contributed by atoms with van der Waals surface area (Å²) in [6.07, 6.45) is -0.0225. The number of aliphatic imine (C=N–C) groups is 1. The smallest absolute Gasteiger partial charge is 0.191 e. The van der Waals surface area contributed by atoms with Crippen LogP contribution < -0.4 is 20.1 Å². The first kappa shape index (κ1) is 22.8.